The van der Waals surface area contributed by atoms with E-state index in [0.717, 1.165) is 5.56 Å². The van der Waals surface area contributed by atoms with Crippen molar-refractivity contribution in [3.05, 3.63) is 29.3 Å². The third-order valence-corrected chi connectivity index (χ3v) is 3.37. The molecule has 1 unspecified atom stereocenters. The fourth-order valence-electron chi connectivity index (χ4n) is 1.90. The number of aliphatic carboxylic acids is 1. The number of carbonyl (C=O) groups excluding carboxylic acids is 1. The van der Waals surface area contributed by atoms with Gasteiger partial charge in [0, 0.05) is 0 Å². The number of carboxylic acid groups (broad SMARTS) is 1. The van der Waals surface area contributed by atoms with Crippen LogP contribution in [-0.2, 0) is 4.79 Å². The summed E-state index contributed by atoms with van der Waals surface area (Å²) in [5.74, 6) is -1.17. The number of methoxy groups -OCH3 is 1. The average Bonchev–Trinajstić information content (AvgIpc) is 2.43. The van der Waals surface area contributed by atoms with E-state index in [1.807, 2.05) is 19.9 Å². The summed E-state index contributed by atoms with van der Waals surface area (Å²) in [7, 11) is 1.48. The third-order valence-electron chi connectivity index (χ3n) is 3.37. The molecule has 0 aliphatic rings. The second-order valence-electron chi connectivity index (χ2n) is 4.88. The van der Waals surface area contributed by atoms with Crippen molar-refractivity contribution in [2.24, 2.45) is 5.92 Å². The van der Waals surface area contributed by atoms with E-state index in [-0.39, 0.29) is 5.92 Å². The zero-order chi connectivity index (χ0) is 15.3. The first-order valence-corrected chi connectivity index (χ1v) is 6.59. The van der Waals surface area contributed by atoms with Crippen LogP contribution >= 0.6 is 0 Å². The highest BCUT2D eigenvalue weighted by Gasteiger charge is 2.26. The molecule has 0 aliphatic heterocycles. The molecule has 0 saturated heterocycles. The van der Waals surface area contributed by atoms with Crippen LogP contribution in [0.4, 0.5) is 0 Å². The summed E-state index contributed by atoms with van der Waals surface area (Å²) in [6.07, 6.45) is 0.669. The number of rotatable bonds is 6. The highest BCUT2D eigenvalue weighted by molar-refractivity contribution is 5.99. The lowest BCUT2D eigenvalue weighted by atomic mass is 9.98. The van der Waals surface area contributed by atoms with Gasteiger partial charge in [0.15, 0.2) is 0 Å². The van der Waals surface area contributed by atoms with Crippen molar-refractivity contribution >= 4 is 11.9 Å². The van der Waals surface area contributed by atoms with Crippen molar-refractivity contribution in [2.75, 3.05) is 7.11 Å². The molecule has 5 nitrogen and oxygen atoms in total. The minimum atomic E-state index is -1.03. The summed E-state index contributed by atoms with van der Waals surface area (Å²) in [5.41, 5.74) is 1.26. The van der Waals surface area contributed by atoms with Crippen LogP contribution in [0.3, 0.4) is 0 Å². The molecular weight excluding hydrogens is 258 g/mol. The van der Waals surface area contributed by atoms with Gasteiger partial charge < -0.3 is 15.2 Å². The van der Waals surface area contributed by atoms with E-state index in [2.05, 4.69) is 5.32 Å². The third kappa shape index (κ3) is 3.73. The van der Waals surface area contributed by atoms with Gasteiger partial charge in [-0.1, -0.05) is 31.9 Å². The van der Waals surface area contributed by atoms with Crippen LogP contribution in [0, 0.1) is 12.8 Å². The Bertz CT molecular complexity index is 499. The van der Waals surface area contributed by atoms with E-state index in [4.69, 9.17) is 4.74 Å². The fraction of sp³-hybridized carbons (Fsp3) is 0.467. The zero-order valence-electron chi connectivity index (χ0n) is 12.3. The topological polar surface area (TPSA) is 75.6 Å². The highest BCUT2D eigenvalue weighted by Crippen LogP contribution is 2.20. The first kappa shape index (κ1) is 16.0. The lowest BCUT2D eigenvalue weighted by Gasteiger charge is -2.20. The summed E-state index contributed by atoms with van der Waals surface area (Å²) in [4.78, 5) is 23.5. The molecule has 0 spiro atoms. The molecule has 0 bridgehead atoms. The molecule has 1 rings (SSSR count). The quantitative estimate of drug-likeness (QED) is 0.837. The molecule has 5 heteroatoms. The molecule has 1 aromatic rings. The monoisotopic (exact) mass is 279 g/mol. The van der Waals surface area contributed by atoms with Gasteiger partial charge in [-0.2, -0.15) is 0 Å². The number of hydrogen-bond acceptors (Lipinski definition) is 3. The second kappa shape index (κ2) is 6.93. The Kier molecular flexibility index (Phi) is 5.55. The maximum absolute atomic E-state index is 12.3. The largest absolute Gasteiger partial charge is 0.496 e. The number of nitrogens with one attached hydrogen (secondary N) is 1. The number of amides is 1. The predicted octanol–water partition coefficient (Wildman–Crippen LogP) is 2.23. The lowest BCUT2D eigenvalue weighted by Crippen LogP contribution is -2.45. The summed E-state index contributed by atoms with van der Waals surface area (Å²) in [6.45, 7) is 5.55. The normalized spacial score (nSPS) is 13.4. The lowest BCUT2D eigenvalue weighted by molar-refractivity contribution is -0.140. The van der Waals surface area contributed by atoms with Crippen molar-refractivity contribution in [1.82, 2.24) is 5.32 Å². The first-order valence-electron chi connectivity index (χ1n) is 6.59. The van der Waals surface area contributed by atoms with Gasteiger partial charge in [0.1, 0.15) is 11.8 Å². The Morgan fingerprint density at radius 2 is 2.05 bits per heavy atom. The van der Waals surface area contributed by atoms with Gasteiger partial charge in [-0.15, -0.1) is 0 Å². The maximum Gasteiger partial charge on any atom is 0.326 e. The van der Waals surface area contributed by atoms with E-state index in [9.17, 15) is 14.7 Å². The first-order chi connectivity index (χ1) is 9.40. The summed E-state index contributed by atoms with van der Waals surface area (Å²) < 4.78 is 5.14. The number of aryl methyl sites for hydroxylation is 1. The van der Waals surface area contributed by atoms with Gasteiger partial charge in [0.25, 0.3) is 5.91 Å². The van der Waals surface area contributed by atoms with Crippen LogP contribution in [0.1, 0.15) is 36.2 Å². The Hall–Kier alpha value is -2.04. The van der Waals surface area contributed by atoms with E-state index >= 15 is 0 Å². The van der Waals surface area contributed by atoms with Crippen molar-refractivity contribution in [3.63, 3.8) is 0 Å². The van der Waals surface area contributed by atoms with Crippen LogP contribution in [-0.4, -0.2) is 30.1 Å². The Labute approximate surface area is 118 Å². The van der Waals surface area contributed by atoms with Crippen molar-refractivity contribution < 1.29 is 19.4 Å². The van der Waals surface area contributed by atoms with E-state index in [0.29, 0.717) is 17.7 Å². The van der Waals surface area contributed by atoms with Crippen LogP contribution < -0.4 is 10.1 Å². The summed E-state index contributed by atoms with van der Waals surface area (Å²) in [5, 5.41) is 11.8. The minimum Gasteiger partial charge on any atom is -0.496 e. The van der Waals surface area contributed by atoms with E-state index < -0.39 is 17.9 Å². The molecule has 0 saturated carbocycles. The Morgan fingerprint density at radius 1 is 1.40 bits per heavy atom. The van der Waals surface area contributed by atoms with Crippen LogP contribution in [0.2, 0.25) is 0 Å². The number of hydrogen-bond donors (Lipinski definition) is 2. The number of ether oxygens (including phenoxy) is 1. The van der Waals surface area contributed by atoms with Gasteiger partial charge in [0.2, 0.25) is 0 Å². The number of benzene rings is 1. The molecule has 110 valence electrons. The molecule has 20 heavy (non-hydrogen) atoms. The fourth-order valence-corrected chi connectivity index (χ4v) is 1.90. The highest BCUT2D eigenvalue weighted by atomic mass is 16.5. The number of carboxylic acids is 1. The molecule has 0 radical (unpaired) electrons. The van der Waals surface area contributed by atoms with E-state index in [1.54, 1.807) is 19.1 Å². The molecule has 0 heterocycles. The molecule has 2 atom stereocenters. The summed E-state index contributed by atoms with van der Waals surface area (Å²) >= 11 is 0. The molecular formula is C15H21NO4. The predicted molar refractivity (Wildman–Crippen MR) is 76.1 cm³/mol. The van der Waals surface area contributed by atoms with Crippen LogP contribution in [0.5, 0.6) is 5.75 Å². The van der Waals surface area contributed by atoms with E-state index in [1.165, 1.54) is 7.11 Å². The van der Waals surface area contributed by atoms with Gasteiger partial charge in [-0.05, 0) is 25.0 Å². The SMILES string of the molecule is CCC(C)[C@H](NC(=O)c1cc(C)ccc1OC)C(=O)O. The summed E-state index contributed by atoms with van der Waals surface area (Å²) in [6, 6.07) is 4.31. The molecule has 0 aromatic heterocycles. The Morgan fingerprint density at radius 3 is 2.55 bits per heavy atom. The molecule has 2 N–H and O–H groups in total. The maximum atomic E-state index is 12.3. The molecule has 1 aromatic carbocycles. The smallest absolute Gasteiger partial charge is 0.326 e. The van der Waals surface area contributed by atoms with Crippen molar-refractivity contribution in [1.29, 1.82) is 0 Å². The second-order valence-corrected chi connectivity index (χ2v) is 4.88. The average molecular weight is 279 g/mol. The Balaban J connectivity index is 3.00. The van der Waals surface area contributed by atoms with Crippen molar-refractivity contribution in [3.8, 4) is 5.75 Å². The molecule has 0 fully saturated rings. The molecule has 0 aliphatic carbocycles. The van der Waals surface area contributed by atoms with Crippen LogP contribution in [0.15, 0.2) is 18.2 Å². The minimum absolute atomic E-state index is 0.146. The van der Waals surface area contributed by atoms with Gasteiger partial charge in [-0.25, -0.2) is 4.79 Å². The van der Waals surface area contributed by atoms with Crippen LogP contribution in [0.25, 0.3) is 0 Å². The van der Waals surface area contributed by atoms with Crippen molar-refractivity contribution in [2.45, 2.75) is 33.2 Å². The molecule has 1 amide bonds. The van der Waals surface area contributed by atoms with Gasteiger partial charge >= 0.3 is 5.97 Å². The zero-order valence-corrected chi connectivity index (χ0v) is 12.3. The standard InChI is InChI=1S/C15H21NO4/c1-5-10(3)13(15(18)19)16-14(17)11-8-9(2)6-7-12(11)20-4/h6-8,10,13H,5H2,1-4H3,(H,16,17)(H,18,19)/t10?,13-/m0/s1. The van der Waals surface area contributed by atoms with Gasteiger partial charge in [0.05, 0.1) is 12.7 Å². The van der Waals surface area contributed by atoms with Gasteiger partial charge in [-0.3, -0.25) is 4.79 Å². The number of carbonyl (C=O) groups is 2.